The van der Waals surface area contributed by atoms with Crippen molar-refractivity contribution in [1.29, 1.82) is 0 Å². The standard InChI is InChI=1S/C13H17N3O/c1-17-13-7-3-2-6-12(13)16-10-11(9-15-16)5-4-8-14/h2-3,6-7,9-10H,4-5,8,14H2,1H3. The summed E-state index contributed by atoms with van der Waals surface area (Å²) in [5, 5.41) is 4.34. The second-order valence-electron chi connectivity index (χ2n) is 3.86. The van der Waals surface area contributed by atoms with Gasteiger partial charge in [0.25, 0.3) is 0 Å². The summed E-state index contributed by atoms with van der Waals surface area (Å²) in [4.78, 5) is 0. The first-order valence-electron chi connectivity index (χ1n) is 5.72. The molecule has 4 nitrogen and oxygen atoms in total. The molecule has 0 radical (unpaired) electrons. The molecule has 2 N–H and O–H groups in total. The molecule has 1 heterocycles. The minimum atomic E-state index is 0.708. The van der Waals surface area contributed by atoms with Crippen LogP contribution < -0.4 is 10.5 Å². The Hall–Kier alpha value is -1.81. The van der Waals surface area contributed by atoms with Gasteiger partial charge >= 0.3 is 0 Å². The molecule has 2 rings (SSSR count). The third kappa shape index (κ3) is 2.65. The molecule has 4 heteroatoms. The third-order valence-corrected chi connectivity index (χ3v) is 2.64. The van der Waals surface area contributed by atoms with E-state index in [1.54, 1.807) is 7.11 Å². The van der Waals surface area contributed by atoms with Gasteiger partial charge in [0.05, 0.1) is 13.3 Å². The van der Waals surface area contributed by atoms with Gasteiger partial charge in [-0.25, -0.2) is 4.68 Å². The van der Waals surface area contributed by atoms with E-state index in [0.29, 0.717) is 6.54 Å². The molecule has 1 aromatic carbocycles. The van der Waals surface area contributed by atoms with E-state index in [1.807, 2.05) is 41.3 Å². The summed E-state index contributed by atoms with van der Waals surface area (Å²) in [7, 11) is 1.66. The zero-order chi connectivity index (χ0) is 12.1. The van der Waals surface area contributed by atoms with E-state index in [0.717, 1.165) is 24.3 Å². The largest absolute Gasteiger partial charge is 0.494 e. The maximum absolute atomic E-state index is 5.49. The van der Waals surface area contributed by atoms with Gasteiger partial charge in [0.1, 0.15) is 11.4 Å². The monoisotopic (exact) mass is 231 g/mol. The molecule has 1 aromatic heterocycles. The topological polar surface area (TPSA) is 53.1 Å². The fourth-order valence-corrected chi connectivity index (χ4v) is 1.75. The number of nitrogens with two attached hydrogens (primary N) is 1. The molecular weight excluding hydrogens is 214 g/mol. The van der Waals surface area contributed by atoms with Crippen molar-refractivity contribution in [2.75, 3.05) is 13.7 Å². The first-order valence-corrected chi connectivity index (χ1v) is 5.72. The normalized spacial score (nSPS) is 10.5. The number of hydrogen-bond acceptors (Lipinski definition) is 3. The molecule has 0 aliphatic heterocycles. The zero-order valence-corrected chi connectivity index (χ0v) is 9.97. The van der Waals surface area contributed by atoms with Crippen LogP contribution in [0.2, 0.25) is 0 Å². The fraction of sp³-hybridized carbons (Fsp3) is 0.308. The average Bonchev–Trinajstić information content (AvgIpc) is 2.85. The Bertz CT molecular complexity index is 479. The molecule has 0 aliphatic carbocycles. The summed E-state index contributed by atoms with van der Waals surface area (Å²) in [6, 6.07) is 7.83. The first-order chi connectivity index (χ1) is 8.35. The van der Waals surface area contributed by atoms with E-state index in [-0.39, 0.29) is 0 Å². The molecule has 0 fully saturated rings. The van der Waals surface area contributed by atoms with Crippen LogP contribution in [0, 0.1) is 0 Å². The number of rotatable bonds is 5. The zero-order valence-electron chi connectivity index (χ0n) is 9.97. The number of aryl methyl sites for hydroxylation is 1. The lowest BCUT2D eigenvalue weighted by Crippen LogP contribution is -2.00. The van der Waals surface area contributed by atoms with Gasteiger partial charge in [0.15, 0.2) is 0 Å². The summed E-state index contributed by atoms with van der Waals surface area (Å²) in [6.07, 6.45) is 5.85. The van der Waals surface area contributed by atoms with E-state index < -0.39 is 0 Å². The number of ether oxygens (including phenoxy) is 1. The Morgan fingerprint density at radius 3 is 2.94 bits per heavy atom. The molecule has 0 aliphatic rings. The average molecular weight is 231 g/mol. The Morgan fingerprint density at radius 2 is 2.18 bits per heavy atom. The molecule has 0 unspecified atom stereocenters. The van der Waals surface area contributed by atoms with Crippen LogP contribution in [0.25, 0.3) is 5.69 Å². The lowest BCUT2D eigenvalue weighted by molar-refractivity contribution is 0.411. The highest BCUT2D eigenvalue weighted by Crippen LogP contribution is 2.21. The van der Waals surface area contributed by atoms with Crippen LogP contribution in [0.1, 0.15) is 12.0 Å². The van der Waals surface area contributed by atoms with Crippen molar-refractivity contribution in [1.82, 2.24) is 9.78 Å². The van der Waals surface area contributed by atoms with E-state index in [9.17, 15) is 0 Å². The van der Waals surface area contributed by atoms with Gasteiger partial charge in [0.2, 0.25) is 0 Å². The highest BCUT2D eigenvalue weighted by molar-refractivity contribution is 5.46. The van der Waals surface area contributed by atoms with Crippen molar-refractivity contribution in [2.45, 2.75) is 12.8 Å². The van der Waals surface area contributed by atoms with Gasteiger partial charge in [-0.15, -0.1) is 0 Å². The van der Waals surface area contributed by atoms with Crippen molar-refractivity contribution in [3.63, 3.8) is 0 Å². The van der Waals surface area contributed by atoms with Crippen molar-refractivity contribution >= 4 is 0 Å². The van der Waals surface area contributed by atoms with Crippen LogP contribution in [-0.2, 0) is 6.42 Å². The smallest absolute Gasteiger partial charge is 0.144 e. The maximum Gasteiger partial charge on any atom is 0.144 e. The second-order valence-corrected chi connectivity index (χ2v) is 3.86. The quantitative estimate of drug-likeness (QED) is 0.853. The molecule has 2 aromatic rings. The van der Waals surface area contributed by atoms with E-state index >= 15 is 0 Å². The summed E-state index contributed by atoms with van der Waals surface area (Å²) in [5.74, 6) is 0.820. The predicted molar refractivity (Wildman–Crippen MR) is 67.5 cm³/mol. The van der Waals surface area contributed by atoms with Crippen molar-refractivity contribution in [3.05, 3.63) is 42.2 Å². The van der Waals surface area contributed by atoms with Crippen molar-refractivity contribution < 1.29 is 4.74 Å². The van der Waals surface area contributed by atoms with Gasteiger partial charge in [-0.3, -0.25) is 0 Å². The third-order valence-electron chi connectivity index (χ3n) is 2.64. The van der Waals surface area contributed by atoms with E-state index in [4.69, 9.17) is 10.5 Å². The highest BCUT2D eigenvalue weighted by atomic mass is 16.5. The van der Waals surface area contributed by atoms with Gasteiger partial charge in [-0.05, 0) is 37.1 Å². The van der Waals surface area contributed by atoms with E-state index in [2.05, 4.69) is 5.10 Å². The van der Waals surface area contributed by atoms with Gasteiger partial charge in [-0.2, -0.15) is 5.10 Å². The van der Waals surface area contributed by atoms with E-state index in [1.165, 1.54) is 5.56 Å². The lowest BCUT2D eigenvalue weighted by Gasteiger charge is -2.07. The number of benzene rings is 1. The summed E-state index contributed by atoms with van der Waals surface area (Å²) < 4.78 is 7.15. The number of hydrogen-bond donors (Lipinski definition) is 1. The molecule has 90 valence electrons. The van der Waals surface area contributed by atoms with Crippen LogP contribution in [0.15, 0.2) is 36.7 Å². The van der Waals surface area contributed by atoms with Crippen LogP contribution in [0.5, 0.6) is 5.75 Å². The molecule has 0 atom stereocenters. The Labute approximate surface area is 101 Å². The molecule has 0 spiro atoms. The molecule has 17 heavy (non-hydrogen) atoms. The first kappa shape index (κ1) is 11.7. The Kier molecular flexibility index (Phi) is 3.77. The Morgan fingerprint density at radius 1 is 1.35 bits per heavy atom. The minimum Gasteiger partial charge on any atom is -0.494 e. The molecule has 0 amide bonds. The molecular formula is C13H17N3O. The number of para-hydroxylation sites is 2. The lowest BCUT2D eigenvalue weighted by atomic mass is 10.2. The Balaban J connectivity index is 2.24. The maximum atomic E-state index is 5.49. The SMILES string of the molecule is COc1ccccc1-n1cc(CCCN)cn1. The number of aromatic nitrogens is 2. The number of methoxy groups -OCH3 is 1. The van der Waals surface area contributed by atoms with Gasteiger partial charge in [0, 0.05) is 6.20 Å². The van der Waals surface area contributed by atoms with Crippen molar-refractivity contribution in [3.8, 4) is 11.4 Å². The molecule has 0 saturated carbocycles. The van der Waals surface area contributed by atoms with Crippen LogP contribution in [0.3, 0.4) is 0 Å². The van der Waals surface area contributed by atoms with Gasteiger partial charge < -0.3 is 10.5 Å². The summed E-state index contributed by atoms with van der Waals surface area (Å²) in [5.41, 5.74) is 7.64. The van der Waals surface area contributed by atoms with Crippen LogP contribution in [-0.4, -0.2) is 23.4 Å². The minimum absolute atomic E-state index is 0.708. The molecule has 0 bridgehead atoms. The summed E-state index contributed by atoms with van der Waals surface area (Å²) >= 11 is 0. The van der Waals surface area contributed by atoms with Gasteiger partial charge in [-0.1, -0.05) is 12.1 Å². The fourth-order valence-electron chi connectivity index (χ4n) is 1.75. The predicted octanol–water partition coefficient (Wildman–Crippen LogP) is 1.77. The highest BCUT2D eigenvalue weighted by Gasteiger charge is 2.05. The van der Waals surface area contributed by atoms with Crippen LogP contribution in [0.4, 0.5) is 0 Å². The van der Waals surface area contributed by atoms with Crippen LogP contribution >= 0.6 is 0 Å². The van der Waals surface area contributed by atoms with Crippen molar-refractivity contribution in [2.24, 2.45) is 5.73 Å². The number of nitrogens with zero attached hydrogens (tertiary/aromatic N) is 2. The second kappa shape index (κ2) is 5.50. The summed E-state index contributed by atoms with van der Waals surface area (Å²) in [6.45, 7) is 0.708. The molecule has 0 saturated heterocycles.